The lowest BCUT2D eigenvalue weighted by atomic mass is 10.0. The van der Waals surface area contributed by atoms with Gasteiger partial charge in [0.25, 0.3) is 5.71 Å². The minimum atomic E-state index is -2.44. The Bertz CT molecular complexity index is 229. The van der Waals surface area contributed by atoms with Gasteiger partial charge in [0.15, 0.2) is 0 Å². The summed E-state index contributed by atoms with van der Waals surface area (Å²) in [6.07, 6.45) is 22.2. The molecule has 140 valence electrons. The van der Waals surface area contributed by atoms with Gasteiger partial charge in [-0.2, -0.15) is 0 Å². The average Bonchev–Trinajstić information content (AvgIpc) is 2.49. The van der Waals surface area contributed by atoms with Crippen molar-refractivity contribution in [1.29, 1.82) is 0 Å². The molecule has 0 radical (unpaired) electrons. The average molecular weight is 349 g/mol. The molecule has 0 aromatic heterocycles. The van der Waals surface area contributed by atoms with Gasteiger partial charge < -0.3 is 15.3 Å². The fraction of sp³-hybridized carbons (Fsp3) is 1.00. The van der Waals surface area contributed by atoms with E-state index in [1.54, 1.807) is 0 Å². The molecule has 0 rings (SSSR count). The third-order valence-corrected chi connectivity index (χ3v) is 5.47. The van der Waals surface area contributed by atoms with Crippen molar-refractivity contribution in [1.82, 2.24) is 0 Å². The Morgan fingerprint density at radius 2 is 0.826 bits per heavy atom. The number of unbranched alkanes of at least 4 members (excludes halogenated alkanes) is 15. The molecule has 4 heteroatoms. The van der Waals surface area contributed by atoms with Crippen LogP contribution in [0.1, 0.15) is 110 Å². The lowest BCUT2D eigenvalue weighted by Gasteiger charge is -2.13. The zero-order valence-corrected chi connectivity index (χ0v) is 16.4. The van der Waals surface area contributed by atoms with Gasteiger partial charge in [-0.05, 0) is 21.2 Å². The molecule has 0 saturated heterocycles. The predicted molar refractivity (Wildman–Crippen MR) is 102 cm³/mol. The molecule has 0 amide bonds. The molecule has 0 aliphatic rings. The van der Waals surface area contributed by atoms with Crippen LogP contribution in [0.5, 0.6) is 0 Å². The summed E-state index contributed by atoms with van der Waals surface area (Å²) in [4.78, 5) is 0. The molecule has 0 spiro atoms. The standard InChI is InChI=1S/C19H41O3P/c1-2-3-4-5-6-7-8-9-10-11-12-13-14-15-16-17-18-23-19(20,21)22/h20-23H,2-18H2,1H3. The zero-order chi connectivity index (χ0) is 17.2. The first-order chi connectivity index (χ1) is 11.1. The Hall–Kier alpha value is 0.310. The molecule has 0 aromatic rings. The van der Waals surface area contributed by atoms with E-state index in [-0.39, 0.29) is 8.58 Å². The summed E-state index contributed by atoms with van der Waals surface area (Å²) in [7, 11) is -0.181. The molecule has 0 saturated carbocycles. The van der Waals surface area contributed by atoms with Crippen LogP contribution in [0.25, 0.3) is 0 Å². The van der Waals surface area contributed by atoms with Crippen LogP contribution in [0.4, 0.5) is 0 Å². The van der Waals surface area contributed by atoms with Crippen molar-refractivity contribution in [2.75, 3.05) is 6.16 Å². The van der Waals surface area contributed by atoms with Crippen LogP contribution < -0.4 is 0 Å². The Labute approximate surface area is 146 Å². The Balaban J connectivity index is 3.00. The van der Waals surface area contributed by atoms with E-state index in [4.69, 9.17) is 15.3 Å². The largest absolute Gasteiger partial charge is 0.340 e. The lowest BCUT2D eigenvalue weighted by Crippen LogP contribution is -2.20. The highest BCUT2D eigenvalue weighted by Crippen LogP contribution is 2.25. The molecule has 3 N–H and O–H groups in total. The van der Waals surface area contributed by atoms with Crippen molar-refractivity contribution in [2.45, 2.75) is 115 Å². The molecule has 1 unspecified atom stereocenters. The third kappa shape index (κ3) is 22.3. The van der Waals surface area contributed by atoms with Crippen LogP contribution >= 0.6 is 8.58 Å². The molecular weight excluding hydrogens is 307 g/mol. The first-order valence-electron chi connectivity index (χ1n) is 9.98. The summed E-state index contributed by atoms with van der Waals surface area (Å²) in [5.41, 5.74) is -2.44. The van der Waals surface area contributed by atoms with Crippen molar-refractivity contribution in [3.63, 3.8) is 0 Å². The fourth-order valence-corrected chi connectivity index (χ4v) is 3.69. The van der Waals surface area contributed by atoms with Gasteiger partial charge in [0, 0.05) is 0 Å². The lowest BCUT2D eigenvalue weighted by molar-refractivity contribution is -0.238. The molecular formula is C19H41O3P. The van der Waals surface area contributed by atoms with Crippen molar-refractivity contribution in [3.05, 3.63) is 0 Å². The Kier molecular flexibility index (Phi) is 17.4. The Morgan fingerprint density at radius 1 is 0.522 bits per heavy atom. The topological polar surface area (TPSA) is 60.7 Å². The summed E-state index contributed by atoms with van der Waals surface area (Å²) < 4.78 is 0. The van der Waals surface area contributed by atoms with Crippen LogP contribution in [-0.4, -0.2) is 27.2 Å². The molecule has 0 bridgehead atoms. The van der Waals surface area contributed by atoms with E-state index >= 15 is 0 Å². The van der Waals surface area contributed by atoms with Crippen LogP contribution in [-0.2, 0) is 0 Å². The van der Waals surface area contributed by atoms with Crippen molar-refractivity contribution in [3.8, 4) is 0 Å². The van der Waals surface area contributed by atoms with E-state index in [9.17, 15) is 0 Å². The maximum atomic E-state index is 8.77. The van der Waals surface area contributed by atoms with E-state index in [0.717, 1.165) is 12.8 Å². The van der Waals surface area contributed by atoms with Crippen LogP contribution in [0.2, 0.25) is 0 Å². The van der Waals surface area contributed by atoms with Gasteiger partial charge in [0.05, 0.1) is 0 Å². The molecule has 1 atom stereocenters. The summed E-state index contributed by atoms with van der Waals surface area (Å²) in [6.45, 7) is 2.27. The van der Waals surface area contributed by atoms with Crippen molar-refractivity contribution < 1.29 is 15.3 Å². The Morgan fingerprint density at radius 3 is 1.13 bits per heavy atom. The second-order valence-electron chi connectivity index (χ2n) is 6.87. The normalized spacial score (nSPS) is 12.5. The minimum absolute atomic E-state index is 0.181. The maximum Gasteiger partial charge on any atom is 0.290 e. The van der Waals surface area contributed by atoms with Crippen LogP contribution in [0, 0.1) is 0 Å². The zero-order valence-electron chi connectivity index (χ0n) is 15.4. The summed E-state index contributed by atoms with van der Waals surface area (Å²) in [6, 6.07) is 0. The van der Waals surface area contributed by atoms with E-state index < -0.39 is 5.71 Å². The number of rotatable bonds is 18. The summed E-state index contributed by atoms with van der Waals surface area (Å²) >= 11 is 0. The second-order valence-corrected chi connectivity index (χ2v) is 8.39. The van der Waals surface area contributed by atoms with E-state index in [2.05, 4.69) is 6.92 Å². The van der Waals surface area contributed by atoms with Gasteiger partial charge in [-0.1, -0.05) is 103 Å². The first kappa shape index (κ1) is 23.3. The number of aliphatic hydroxyl groups is 3. The molecule has 0 heterocycles. The third-order valence-electron chi connectivity index (χ3n) is 4.39. The minimum Gasteiger partial charge on any atom is -0.340 e. The van der Waals surface area contributed by atoms with Gasteiger partial charge in [0.1, 0.15) is 0 Å². The molecule has 3 nitrogen and oxygen atoms in total. The predicted octanol–water partition coefficient (Wildman–Crippen LogP) is 5.51. The first-order valence-corrected chi connectivity index (χ1v) is 11.2. The maximum absolute atomic E-state index is 8.77. The van der Waals surface area contributed by atoms with Crippen molar-refractivity contribution in [2.24, 2.45) is 0 Å². The molecule has 0 aliphatic heterocycles. The molecule has 23 heavy (non-hydrogen) atoms. The highest BCUT2D eigenvalue weighted by molar-refractivity contribution is 7.39. The monoisotopic (exact) mass is 348 g/mol. The quantitative estimate of drug-likeness (QED) is 0.174. The van der Waals surface area contributed by atoms with Gasteiger partial charge in [-0.3, -0.25) is 0 Å². The highest BCUT2D eigenvalue weighted by Gasteiger charge is 2.16. The highest BCUT2D eigenvalue weighted by atomic mass is 31.1. The second kappa shape index (κ2) is 17.1. The van der Waals surface area contributed by atoms with Gasteiger partial charge in [-0.15, -0.1) is 0 Å². The van der Waals surface area contributed by atoms with Crippen LogP contribution in [0.15, 0.2) is 0 Å². The van der Waals surface area contributed by atoms with E-state index in [1.165, 1.54) is 89.9 Å². The number of hydrogen-bond donors (Lipinski definition) is 3. The van der Waals surface area contributed by atoms with Crippen molar-refractivity contribution >= 4 is 8.58 Å². The van der Waals surface area contributed by atoms with E-state index in [1.807, 2.05) is 0 Å². The smallest absolute Gasteiger partial charge is 0.290 e. The molecule has 0 aromatic carbocycles. The van der Waals surface area contributed by atoms with Gasteiger partial charge in [-0.25, -0.2) is 0 Å². The number of hydrogen-bond acceptors (Lipinski definition) is 3. The van der Waals surface area contributed by atoms with Gasteiger partial charge >= 0.3 is 0 Å². The summed E-state index contributed by atoms with van der Waals surface area (Å²) in [5.74, 6) is 0. The van der Waals surface area contributed by atoms with E-state index in [0.29, 0.717) is 6.16 Å². The van der Waals surface area contributed by atoms with Gasteiger partial charge in [0.2, 0.25) is 0 Å². The fourth-order valence-electron chi connectivity index (χ4n) is 2.93. The molecule has 0 fully saturated rings. The summed E-state index contributed by atoms with van der Waals surface area (Å²) in [5, 5.41) is 26.3. The van der Waals surface area contributed by atoms with Crippen LogP contribution in [0.3, 0.4) is 0 Å². The SMILES string of the molecule is CCCCCCCCCCCCCCCCCCPC(O)(O)O. The molecule has 0 aliphatic carbocycles.